The molecule has 172 valence electrons. The monoisotopic (exact) mass is 481 g/mol. The quantitative estimate of drug-likeness (QED) is 0.109. The first kappa shape index (κ1) is 22.4. The SMILES string of the molecule is O=C(CSc1nc2ccccc2o1)N/N=C\c1ccccc1OC(=O)c1cccc2ccccc12. The van der Waals surface area contributed by atoms with Crippen molar-refractivity contribution in [2.24, 2.45) is 5.10 Å². The largest absolute Gasteiger partial charge is 0.431 e. The molecule has 1 heterocycles. The summed E-state index contributed by atoms with van der Waals surface area (Å²) in [6, 6.07) is 27.5. The van der Waals surface area contributed by atoms with Crippen LogP contribution in [0.1, 0.15) is 15.9 Å². The Labute approximate surface area is 204 Å². The summed E-state index contributed by atoms with van der Waals surface area (Å²) in [7, 11) is 0. The van der Waals surface area contributed by atoms with Crippen LogP contribution in [0.3, 0.4) is 0 Å². The van der Waals surface area contributed by atoms with Gasteiger partial charge in [0.1, 0.15) is 11.3 Å². The number of hydrazone groups is 1. The Morgan fingerprint density at radius 2 is 1.71 bits per heavy atom. The Morgan fingerprint density at radius 3 is 2.63 bits per heavy atom. The molecular formula is C27H19N3O4S. The number of para-hydroxylation sites is 3. The highest BCUT2D eigenvalue weighted by Gasteiger charge is 2.14. The third-order valence-electron chi connectivity index (χ3n) is 5.13. The van der Waals surface area contributed by atoms with Crippen LogP contribution in [-0.4, -0.2) is 28.8 Å². The molecule has 8 heteroatoms. The Balaban J connectivity index is 1.22. The summed E-state index contributed by atoms with van der Waals surface area (Å²) in [5, 5.41) is 6.19. The fraction of sp³-hybridized carbons (Fsp3) is 0.0370. The van der Waals surface area contributed by atoms with E-state index in [-0.39, 0.29) is 11.7 Å². The fourth-order valence-electron chi connectivity index (χ4n) is 3.48. The van der Waals surface area contributed by atoms with Crippen LogP contribution in [0.25, 0.3) is 21.9 Å². The topological polar surface area (TPSA) is 93.8 Å². The molecule has 5 aromatic rings. The number of hydrogen-bond donors (Lipinski definition) is 1. The summed E-state index contributed by atoms with van der Waals surface area (Å²) in [6.07, 6.45) is 1.44. The third kappa shape index (κ3) is 5.23. The molecule has 4 aromatic carbocycles. The number of carbonyl (C=O) groups is 2. The number of nitrogens with zero attached hydrogens (tertiary/aromatic N) is 2. The van der Waals surface area contributed by atoms with E-state index in [1.807, 2.05) is 60.7 Å². The van der Waals surface area contributed by atoms with E-state index in [4.69, 9.17) is 9.15 Å². The summed E-state index contributed by atoms with van der Waals surface area (Å²) < 4.78 is 11.3. The average Bonchev–Trinajstić information content (AvgIpc) is 3.31. The number of amides is 1. The van der Waals surface area contributed by atoms with Gasteiger partial charge in [-0.1, -0.05) is 72.4 Å². The van der Waals surface area contributed by atoms with Gasteiger partial charge in [-0.2, -0.15) is 5.10 Å². The van der Waals surface area contributed by atoms with Crippen molar-refractivity contribution >= 4 is 51.7 Å². The van der Waals surface area contributed by atoms with Crippen molar-refractivity contribution in [1.82, 2.24) is 10.4 Å². The molecule has 0 aliphatic heterocycles. The first-order chi connectivity index (χ1) is 17.2. The molecule has 1 amide bonds. The molecular weight excluding hydrogens is 462 g/mol. The highest BCUT2D eigenvalue weighted by Crippen LogP contribution is 2.24. The van der Waals surface area contributed by atoms with E-state index in [1.165, 1.54) is 18.0 Å². The number of oxazole rings is 1. The zero-order valence-electron chi connectivity index (χ0n) is 18.4. The lowest BCUT2D eigenvalue weighted by atomic mass is 10.0. The standard InChI is InChI=1S/C27H19N3O4S/c31-25(17-35-27-29-22-13-4-6-15-24(22)34-27)30-28-16-19-9-2-5-14-23(19)33-26(32)21-12-7-10-18-8-1-3-11-20(18)21/h1-16H,17H2,(H,30,31)/b28-16-. The molecule has 0 spiro atoms. The van der Waals surface area contributed by atoms with Gasteiger partial charge in [0, 0.05) is 5.56 Å². The number of benzene rings is 4. The van der Waals surface area contributed by atoms with E-state index < -0.39 is 5.97 Å². The van der Waals surface area contributed by atoms with E-state index in [0.717, 1.165) is 16.3 Å². The first-order valence-electron chi connectivity index (χ1n) is 10.8. The Bertz CT molecular complexity index is 1520. The number of thioether (sulfide) groups is 1. The highest BCUT2D eigenvalue weighted by atomic mass is 32.2. The summed E-state index contributed by atoms with van der Waals surface area (Å²) in [6.45, 7) is 0. The lowest BCUT2D eigenvalue weighted by Gasteiger charge is -2.09. The number of hydrogen-bond acceptors (Lipinski definition) is 7. The maximum Gasteiger partial charge on any atom is 0.344 e. The maximum atomic E-state index is 12.9. The summed E-state index contributed by atoms with van der Waals surface area (Å²) in [5.74, 6) is -0.369. The van der Waals surface area contributed by atoms with E-state index >= 15 is 0 Å². The number of ether oxygens (including phenoxy) is 1. The van der Waals surface area contributed by atoms with Gasteiger partial charge in [0.2, 0.25) is 0 Å². The number of fused-ring (bicyclic) bond motifs is 2. The minimum absolute atomic E-state index is 0.0852. The molecule has 0 saturated carbocycles. The number of carbonyl (C=O) groups excluding carboxylic acids is 2. The van der Waals surface area contributed by atoms with E-state index in [2.05, 4.69) is 15.5 Å². The second kappa shape index (κ2) is 10.2. The van der Waals surface area contributed by atoms with E-state index in [1.54, 1.807) is 30.3 Å². The van der Waals surface area contributed by atoms with Gasteiger partial charge in [-0.15, -0.1) is 0 Å². The molecule has 0 aliphatic rings. The fourth-order valence-corrected chi connectivity index (χ4v) is 4.12. The van der Waals surface area contributed by atoms with Crippen molar-refractivity contribution in [2.75, 3.05) is 5.75 Å². The van der Waals surface area contributed by atoms with E-state index in [0.29, 0.717) is 27.7 Å². The smallest absolute Gasteiger partial charge is 0.344 e. The number of nitrogens with one attached hydrogen (secondary N) is 1. The van der Waals surface area contributed by atoms with Crippen molar-refractivity contribution in [3.05, 3.63) is 102 Å². The number of aromatic nitrogens is 1. The van der Waals surface area contributed by atoms with Gasteiger partial charge in [-0.3, -0.25) is 4.79 Å². The van der Waals surface area contributed by atoms with Gasteiger partial charge in [-0.25, -0.2) is 15.2 Å². The normalized spacial score (nSPS) is 11.2. The van der Waals surface area contributed by atoms with Crippen molar-refractivity contribution in [3.63, 3.8) is 0 Å². The molecule has 0 radical (unpaired) electrons. The van der Waals surface area contributed by atoms with Gasteiger partial charge < -0.3 is 9.15 Å². The van der Waals surface area contributed by atoms with Crippen molar-refractivity contribution in [2.45, 2.75) is 5.22 Å². The van der Waals surface area contributed by atoms with E-state index in [9.17, 15) is 9.59 Å². The van der Waals surface area contributed by atoms with Crippen molar-refractivity contribution in [3.8, 4) is 5.75 Å². The molecule has 5 rings (SSSR count). The average molecular weight is 482 g/mol. The summed E-state index contributed by atoms with van der Waals surface area (Å²) >= 11 is 1.18. The zero-order chi connectivity index (χ0) is 24.0. The van der Waals surface area contributed by atoms with Crippen LogP contribution >= 0.6 is 11.8 Å². The van der Waals surface area contributed by atoms with Crippen molar-refractivity contribution < 1.29 is 18.7 Å². The molecule has 7 nitrogen and oxygen atoms in total. The molecule has 0 fully saturated rings. The second-order valence-corrected chi connectivity index (χ2v) is 8.41. The molecule has 0 aliphatic carbocycles. The molecule has 1 aromatic heterocycles. The third-order valence-corrected chi connectivity index (χ3v) is 5.95. The van der Waals surface area contributed by atoms with Crippen LogP contribution in [0.4, 0.5) is 0 Å². The van der Waals surface area contributed by atoms with Crippen LogP contribution in [0, 0.1) is 0 Å². The zero-order valence-corrected chi connectivity index (χ0v) is 19.2. The lowest BCUT2D eigenvalue weighted by molar-refractivity contribution is -0.118. The minimum Gasteiger partial charge on any atom is -0.431 e. The highest BCUT2D eigenvalue weighted by molar-refractivity contribution is 7.99. The summed E-state index contributed by atoms with van der Waals surface area (Å²) in [5.41, 5.74) is 4.90. The minimum atomic E-state index is -0.471. The van der Waals surface area contributed by atoms with Gasteiger partial charge in [-0.05, 0) is 41.1 Å². The number of esters is 1. The molecule has 0 atom stereocenters. The lowest BCUT2D eigenvalue weighted by Crippen LogP contribution is -2.19. The van der Waals surface area contributed by atoms with Gasteiger partial charge in [0.25, 0.3) is 11.1 Å². The van der Waals surface area contributed by atoms with Crippen LogP contribution in [0.15, 0.2) is 106 Å². The predicted octanol–water partition coefficient (Wildman–Crippen LogP) is 5.44. The van der Waals surface area contributed by atoms with Gasteiger partial charge in [0.05, 0.1) is 17.5 Å². The van der Waals surface area contributed by atoms with Gasteiger partial charge in [0.15, 0.2) is 5.58 Å². The first-order valence-corrected chi connectivity index (χ1v) is 11.8. The predicted molar refractivity (Wildman–Crippen MR) is 136 cm³/mol. The molecule has 0 unspecified atom stereocenters. The van der Waals surface area contributed by atoms with Crippen molar-refractivity contribution in [1.29, 1.82) is 0 Å². The maximum absolute atomic E-state index is 12.9. The Morgan fingerprint density at radius 1 is 0.943 bits per heavy atom. The van der Waals surface area contributed by atoms with Gasteiger partial charge >= 0.3 is 5.97 Å². The number of rotatable bonds is 7. The summed E-state index contributed by atoms with van der Waals surface area (Å²) in [4.78, 5) is 29.4. The molecule has 1 N–H and O–H groups in total. The molecule has 35 heavy (non-hydrogen) atoms. The van der Waals surface area contributed by atoms with Crippen LogP contribution in [-0.2, 0) is 4.79 Å². The second-order valence-electron chi connectivity index (χ2n) is 7.48. The molecule has 0 saturated heterocycles. The van der Waals surface area contributed by atoms with Crippen LogP contribution in [0.2, 0.25) is 0 Å². The Kier molecular flexibility index (Phi) is 6.54. The van der Waals surface area contributed by atoms with Crippen LogP contribution < -0.4 is 10.2 Å². The van der Waals surface area contributed by atoms with Crippen LogP contribution in [0.5, 0.6) is 5.75 Å². The Hall–Kier alpha value is -4.43. The molecule has 0 bridgehead atoms.